The Hall–Kier alpha value is -0.240. The highest BCUT2D eigenvalue weighted by Crippen LogP contribution is 2.08. The van der Waals surface area contributed by atoms with Crippen molar-refractivity contribution >= 4 is 18.2 Å². The average molecular weight is 305 g/mol. The number of halogens is 1. The lowest BCUT2D eigenvalue weighted by Crippen LogP contribution is -2.33. The molecular formula is C17H37ClN2. The Balaban J connectivity index is 0. The summed E-state index contributed by atoms with van der Waals surface area (Å²) < 4.78 is 0. The summed E-state index contributed by atoms with van der Waals surface area (Å²) in [5.74, 6) is 1.39. The number of hydrogen-bond acceptors (Lipinski definition) is 1. The molecule has 0 heterocycles. The third-order valence-electron chi connectivity index (χ3n) is 3.49. The number of nitrogens with zero attached hydrogens (tertiary/aromatic N) is 2. The Morgan fingerprint density at radius 3 is 1.70 bits per heavy atom. The van der Waals surface area contributed by atoms with Crippen molar-refractivity contribution in [1.29, 1.82) is 0 Å². The second kappa shape index (κ2) is 16.8. The number of hydrogen-bond donors (Lipinski definition) is 0. The summed E-state index contributed by atoms with van der Waals surface area (Å²) in [5, 5.41) is 0. The van der Waals surface area contributed by atoms with Crippen molar-refractivity contribution in [2.75, 3.05) is 19.6 Å². The molecule has 0 spiro atoms. The first-order valence-corrected chi connectivity index (χ1v) is 8.58. The highest BCUT2D eigenvalue weighted by Gasteiger charge is 2.09. The van der Waals surface area contributed by atoms with Gasteiger partial charge in [-0.15, -0.1) is 12.4 Å². The first-order valence-electron chi connectivity index (χ1n) is 8.58. The average Bonchev–Trinajstić information content (AvgIpc) is 2.43. The second-order valence-electron chi connectivity index (χ2n) is 5.45. The Kier molecular flexibility index (Phi) is 18.5. The fraction of sp³-hybridized carbons (Fsp3) is 0.941. The molecule has 0 saturated carbocycles. The van der Waals surface area contributed by atoms with Crippen LogP contribution in [-0.4, -0.2) is 30.4 Å². The minimum Gasteiger partial charge on any atom is -0.360 e. The number of rotatable bonds is 12. The van der Waals surface area contributed by atoms with Gasteiger partial charge in [-0.1, -0.05) is 53.4 Å². The van der Waals surface area contributed by atoms with E-state index in [-0.39, 0.29) is 12.4 Å². The summed E-state index contributed by atoms with van der Waals surface area (Å²) in [6.07, 6.45) is 11.3. The van der Waals surface area contributed by atoms with E-state index in [4.69, 9.17) is 4.99 Å². The van der Waals surface area contributed by atoms with Gasteiger partial charge in [0.2, 0.25) is 0 Å². The van der Waals surface area contributed by atoms with E-state index in [2.05, 4.69) is 32.6 Å². The first-order chi connectivity index (χ1) is 9.29. The molecule has 0 aromatic rings. The Morgan fingerprint density at radius 2 is 1.25 bits per heavy atom. The van der Waals surface area contributed by atoms with E-state index in [9.17, 15) is 0 Å². The summed E-state index contributed by atoms with van der Waals surface area (Å²) >= 11 is 0. The molecule has 0 unspecified atom stereocenters. The summed E-state index contributed by atoms with van der Waals surface area (Å²) in [5.41, 5.74) is 0. The lowest BCUT2D eigenvalue weighted by atomic mass is 10.2. The van der Waals surface area contributed by atoms with Crippen LogP contribution in [0.2, 0.25) is 0 Å². The molecular weight excluding hydrogens is 268 g/mol. The number of amidine groups is 1. The zero-order valence-electron chi connectivity index (χ0n) is 14.3. The van der Waals surface area contributed by atoms with Gasteiger partial charge < -0.3 is 4.90 Å². The van der Waals surface area contributed by atoms with Crippen LogP contribution in [0.1, 0.15) is 85.5 Å². The fourth-order valence-corrected chi connectivity index (χ4v) is 2.11. The molecule has 0 atom stereocenters. The van der Waals surface area contributed by atoms with Crippen LogP contribution in [0.25, 0.3) is 0 Å². The van der Waals surface area contributed by atoms with Gasteiger partial charge >= 0.3 is 0 Å². The topological polar surface area (TPSA) is 15.6 Å². The van der Waals surface area contributed by atoms with Gasteiger partial charge in [0.1, 0.15) is 0 Å². The minimum absolute atomic E-state index is 0. The Morgan fingerprint density at radius 1 is 0.750 bits per heavy atom. The molecule has 0 aliphatic carbocycles. The van der Waals surface area contributed by atoms with Crippen LogP contribution < -0.4 is 0 Å². The predicted octanol–water partition coefficient (Wildman–Crippen LogP) is 5.70. The number of aliphatic imine (C=N–C) groups is 1. The predicted molar refractivity (Wildman–Crippen MR) is 95.4 cm³/mol. The zero-order valence-corrected chi connectivity index (χ0v) is 15.1. The SMILES string of the molecule is CCCCN=C(CCCC)N(CCCC)CCCC.Cl. The van der Waals surface area contributed by atoms with Gasteiger partial charge in [0, 0.05) is 26.1 Å². The van der Waals surface area contributed by atoms with Crippen LogP contribution in [0.3, 0.4) is 0 Å². The smallest absolute Gasteiger partial charge is 0.0988 e. The van der Waals surface area contributed by atoms with Gasteiger partial charge in [0.25, 0.3) is 0 Å². The van der Waals surface area contributed by atoms with Gasteiger partial charge in [-0.05, 0) is 25.7 Å². The summed E-state index contributed by atoms with van der Waals surface area (Å²) in [6.45, 7) is 12.5. The van der Waals surface area contributed by atoms with E-state index in [0.717, 1.165) is 6.54 Å². The quantitative estimate of drug-likeness (QED) is 0.256. The van der Waals surface area contributed by atoms with E-state index in [1.54, 1.807) is 0 Å². The van der Waals surface area contributed by atoms with E-state index in [1.807, 2.05) is 0 Å². The summed E-state index contributed by atoms with van der Waals surface area (Å²) in [4.78, 5) is 7.47. The van der Waals surface area contributed by atoms with Crippen molar-refractivity contribution in [1.82, 2.24) is 4.90 Å². The van der Waals surface area contributed by atoms with Crippen LogP contribution in [-0.2, 0) is 0 Å². The second-order valence-corrected chi connectivity index (χ2v) is 5.45. The molecule has 0 bridgehead atoms. The summed E-state index contributed by atoms with van der Waals surface area (Å²) in [7, 11) is 0. The van der Waals surface area contributed by atoms with Crippen molar-refractivity contribution in [3.05, 3.63) is 0 Å². The molecule has 0 N–H and O–H groups in total. The highest BCUT2D eigenvalue weighted by atomic mass is 35.5. The normalized spacial score (nSPS) is 11.3. The lowest BCUT2D eigenvalue weighted by molar-refractivity contribution is 0.387. The van der Waals surface area contributed by atoms with Gasteiger partial charge in [0.05, 0.1) is 5.84 Å². The van der Waals surface area contributed by atoms with Gasteiger partial charge in [-0.25, -0.2) is 0 Å². The van der Waals surface area contributed by atoms with Crippen LogP contribution in [0.15, 0.2) is 4.99 Å². The third-order valence-corrected chi connectivity index (χ3v) is 3.49. The molecule has 0 radical (unpaired) electrons. The van der Waals surface area contributed by atoms with E-state index in [1.165, 1.54) is 76.7 Å². The molecule has 0 amide bonds. The standard InChI is InChI=1S/C17H36N2.ClH/c1-5-9-13-17(18-14-10-6-2)19(15-11-7-3)16-12-8-4;/h5-16H2,1-4H3;1H. The molecule has 0 rings (SSSR count). The van der Waals surface area contributed by atoms with Crippen molar-refractivity contribution in [2.24, 2.45) is 4.99 Å². The van der Waals surface area contributed by atoms with Crippen LogP contribution >= 0.6 is 12.4 Å². The first kappa shape index (κ1) is 22.0. The largest absolute Gasteiger partial charge is 0.360 e. The molecule has 20 heavy (non-hydrogen) atoms. The molecule has 0 aromatic heterocycles. The molecule has 0 fully saturated rings. The Labute approximate surface area is 133 Å². The van der Waals surface area contributed by atoms with E-state index in [0.29, 0.717) is 0 Å². The maximum absolute atomic E-state index is 4.90. The van der Waals surface area contributed by atoms with Crippen molar-refractivity contribution in [3.8, 4) is 0 Å². The zero-order chi connectivity index (χ0) is 14.3. The fourth-order valence-electron chi connectivity index (χ4n) is 2.11. The molecule has 0 aliphatic rings. The number of unbranched alkanes of at least 4 members (excludes halogenated alkanes) is 4. The van der Waals surface area contributed by atoms with E-state index >= 15 is 0 Å². The van der Waals surface area contributed by atoms with Crippen LogP contribution in [0.4, 0.5) is 0 Å². The van der Waals surface area contributed by atoms with Crippen molar-refractivity contribution in [2.45, 2.75) is 85.5 Å². The molecule has 3 heteroatoms. The molecule has 2 nitrogen and oxygen atoms in total. The van der Waals surface area contributed by atoms with Gasteiger partial charge in [-0.3, -0.25) is 4.99 Å². The van der Waals surface area contributed by atoms with Gasteiger partial charge in [0.15, 0.2) is 0 Å². The summed E-state index contributed by atoms with van der Waals surface area (Å²) in [6, 6.07) is 0. The monoisotopic (exact) mass is 304 g/mol. The highest BCUT2D eigenvalue weighted by molar-refractivity contribution is 5.85. The molecule has 0 saturated heterocycles. The van der Waals surface area contributed by atoms with Crippen molar-refractivity contribution in [3.63, 3.8) is 0 Å². The maximum Gasteiger partial charge on any atom is 0.0988 e. The Bertz CT molecular complexity index is 209. The van der Waals surface area contributed by atoms with E-state index < -0.39 is 0 Å². The molecule has 0 aliphatic heterocycles. The molecule has 0 aromatic carbocycles. The molecule has 122 valence electrons. The van der Waals surface area contributed by atoms with Gasteiger partial charge in [-0.2, -0.15) is 0 Å². The van der Waals surface area contributed by atoms with Crippen LogP contribution in [0.5, 0.6) is 0 Å². The lowest BCUT2D eigenvalue weighted by Gasteiger charge is -2.26. The minimum atomic E-state index is 0. The van der Waals surface area contributed by atoms with Crippen molar-refractivity contribution < 1.29 is 0 Å². The third kappa shape index (κ3) is 11.6. The van der Waals surface area contributed by atoms with Crippen LogP contribution in [0, 0.1) is 0 Å². The maximum atomic E-state index is 4.90.